The molecule has 1 amide bonds. The van der Waals surface area contributed by atoms with E-state index in [1.165, 1.54) is 42.5 Å². The Morgan fingerprint density at radius 1 is 0.909 bits per heavy atom. The molecule has 33 heavy (non-hydrogen) atoms. The van der Waals surface area contributed by atoms with Gasteiger partial charge in [-0.1, -0.05) is 30.3 Å². The van der Waals surface area contributed by atoms with E-state index in [1.54, 1.807) is 36.4 Å². The van der Waals surface area contributed by atoms with E-state index in [0.29, 0.717) is 16.6 Å². The lowest BCUT2D eigenvalue weighted by molar-refractivity contribution is -0.0510. The molecule has 0 saturated heterocycles. The van der Waals surface area contributed by atoms with Crippen LogP contribution in [0, 0.1) is 0 Å². The minimum absolute atomic E-state index is 0.0413. The summed E-state index contributed by atoms with van der Waals surface area (Å²) in [6.45, 7) is -3.06. The van der Waals surface area contributed by atoms with Gasteiger partial charge in [-0.2, -0.15) is 8.78 Å². The van der Waals surface area contributed by atoms with Gasteiger partial charge in [-0.15, -0.1) is 0 Å². The van der Waals surface area contributed by atoms with E-state index in [2.05, 4.69) is 15.0 Å². The molecule has 9 heteroatoms. The number of aromatic carboxylic acids is 1. The van der Waals surface area contributed by atoms with Crippen LogP contribution in [0.4, 0.5) is 14.5 Å². The van der Waals surface area contributed by atoms with Crippen LogP contribution in [0.15, 0.2) is 78.9 Å². The summed E-state index contributed by atoms with van der Waals surface area (Å²) in [4.78, 5) is 28.5. The van der Waals surface area contributed by atoms with Crippen LogP contribution < -0.4 is 14.8 Å². The molecular weight excluding hydrogens is 434 g/mol. The van der Waals surface area contributed by atoms with Gasteiger partial charge in [-0.25, -0.2) is 9.78 Å². The highest BCUT2D eigenvalue weighted by atomic mass is 19.3. The van der Waals surface area contributed by atoms with Crippen molar-refractivity contribution in [3.63, 3.8) is 0 Å². The number of fused-ring (bicyclic) bond motifs is 1. The zero-order chi connectivity index (χ0) is 23.4. The summed E-state index contributed by atoms with van der Waals surface area (Å²) in [5.41, 5.74) is 0.996. The van der Waals surface area contributed by atoms with Crippen molar-refractivity contribution in [2.45, 2.75) is 6.61 Å². The number of ether oxygens (including phenoxy) is 2. The number of carbonyl (C=O) groups is 2. The lowest BCUT2D eigenvalue weighted by Gasteiger charge is -2.14. The molecule has 0 bridgehead atoms. The number of benzene rings is 3. The van der Waals surface area contributed by atoms with Crippen molar-refractivity contribution in [3.8, 4) is 17.4 Å². The summed E-state index contributed by atoms with van der Waals surface area (Å²) in [6.07, 6.45) is 0. The molecule has 0 fully saturated rings. The summed E-state index contributed by atoms with van der Waals surface area (Å²) < 4.78 is 35.8. The first-order valence-corrected chi connectivity index (χ1v) is 9.67. The second-order valence-electron chi connectivity index (χ2n) is 6.80. The van der Waals surface area contributed by atoms with Gasteiger partial charge in [0.15, 0.2) is 11.5 Å². The molecule has 0 aliphatic heterocycles. The predicted molar refractivity (Wildman–Crippen MR) is 116 cm³/mol. The third-order valence-corrected chi connectivity index (χ3v) is 4.60. The average Bonchev–Trinajstić information content (AvgIpc) is 2.80. The molecule has 0 aliphatic carbocycles. The molecule has 4 aromatic rings. The molecular formula is C24H16F2N2O5. The standard InChI is InChI=1S/C24H16F2N2O5/c25-24(26)33-20-8-4-3-7-19(20)32-22-17(13-15-5-1-2-6-18(15)28-22)21(29)27-16-11-9-14(10-12-16)23(30)31/h1-13,24H,(H,27,29)(H,30,31). The van der Waals surface area contributed by atoms with Crippen molar-refractivity contribution in [2.24, 2.45) is 0 Å². The molecule has 0 spiro atoms. The lowest BCUT2D eigenvalue weighted by atomic mass is 10.1. The Bertz CT molecular complexity index is 1330. The highest BCUT2D eigenvalue weighted by molar-refractivity contribution is 6.08. The van der Waals surface area contributed by atoms with Gasteiger partial charge in [0, 0.05) is 11.1 Å². The normalized spacial score (nSPS) is 10.8. The van der Waals surface area contributed by atoms with Gasteiger partial charge in [0.05, 0.1) is 11.1 Å². The molecule has 1 aromatic heterocycles. The maximum atomic E-state index is 13.1. The van der Waals surface area contributed by atoms with Gasteiger partial charge in [0.2, 0.25) is 5.88 Å². The summed E-state index contributed by atoms with van der Waals surface area (Å²) in [5.74, 6) is -2.04. The minimum Gasteiger partial charge on any atom is -0.478 e. The number of halogens is 2. The first-order valence-electron chi connectivity index (χ1n) is 9.67. The minimum atomic E-state index is -3.06. The van der Waals surface area contributed by atoms with E-state index in [0.717, 1.165) is 0 Å². The largest absolute Gasteiger partial charge is 0.478 e. The van der Waals surface area contributed by atoms with Gasteiger partial charge in [-0.3, -0.25) is 4.79 Å². The number of hydrogen-bond acceptors (Lipinski definition) is 5. The number of anilines is 1. The lowest BCUT2D eigenvalue weighted by Crippen LogP contribution is -2.14. The van der Waals surface area contributed by atoms with Crippen LogP contribution in [-0.4, -0.2) is 28.6 Å². The number of para-hydroxylation sites is 3. The fourth-order valence-electron chi connectivity index (χ4n) is 3.07. The van der Waals surface area contributed by atoms with Crippen molar-refractivity contribution >= 4 is 28.5 Å². The Balaban J connectivity index is 1.71. The topological polar surface area (TPSA) is 97.8 Å². The van der Waals surface area contributed by atoms with Gasteiger partial charge in [0.1, 0.15) is 5.56 Å². The van der Waals surface area contributed by atoms with Crippen LogP contribution in [0.25, 0.3) is 10.9 Å². The van der Waals surface area contributed by atoms with E-state index in [1.807, 2.05) is 0 Å². The second-order valence-corrected chi connectivity index (χ2v) is 6.80. The summed E-state index contributed by atoms with van der Waals surface area (Å²) >= 11 is 0. The van der Waals surface area contributed by atoms with Crippen LogP contribution in [0.3, 0.4) is 0 Å². The molecule has 0 atom stereocenters. The number of alkyl halides is 2. The number of pyridine rings is 1. The average molecular weight is 450 g/mol. The smallest absolute Gasteiger partial charge is 0.387 e. The first kappa shape index (κ1) is 21.7. The Morgan fingerprint density at radius 2 is 1.58 bits per heavy atom. The van der Waals surface area contributed by atoms with E-state index in [9.17, 15) is 18.4 Å². The predicted octanol–water partition coefficient (Wildman–Crippen LogP) is 5.58. The number of rotatable bonds is 7. The van der Waals surface area contributed by atoms with Crippen molar-refractivity contribution < 1.29 is 33.0 Å². The number of aromatic nitrogens is 1. The van der Waals surface area contributed by atoms with Crippen LogP contribution >= 0.6 is 0 Å². The first-order chi connectivity index (χ1) is 15.9. The van der Waals surface area contributed by atoms with Crippen molar-refractivity contribution in [1.82, 2.24) is 4.98 Å². The van der Waals surface area contributed by atoms with E-state index in [4.69, 9.17) is 9.84 Å². The summed E-state index contributed by atoms with van der Waals surface area (Å²) in [5, 5.41) is 12.3. The third-order valence-electron chi connectivity index (χ3n) is 4.60. The Labute approximate surface area is 186 Å². The number of carbonyl (C=O) groups excluding carboxylic acids is 1. The Hall–Kier alpha value is -4.53. The number of hydrogen-bond donors (Lipinski definition) is 2. The van der Waals surface area contributed by atoms with Crippen LogP contribution in [0.1, 0.15) is 20.7 Å². The molecule has 7 nitrogen and oxygen atoms in total. The van der Waals surface area contributed by atoms with Gasteiger partial charge in [0.25, 0.3) is 5.91 Å². The number of nitrogens with one attached hydrogen (secondary N) is 1. The molecule has 2 N–H and O–H groups in total. The fourth-order valence-corrected chi connectivity index (χ4v) is 3.07. The fraction of sp³-hybridized carbons (Fsp3) is 0.0417. The van der Waals surface area contributed by atoms with Crippen LogP contribution in [0.5, 0.6) is 17.4 Å². The molecule has 0 radical (unpaired) electrons. The summed E-state index contributed by atoms with van der Waals surface area (Å²) in [6, 6.07) is 20.0. The number of carboxylic acids is 1. The zero-order valence-electron chi connectivity index (χ0n) is 16.9. The zero-order valence-corrected chi connectivity index (χ0v) is 16.9. The van der Waals surface area contributed by atoms with E-state index >= 15 is 0 Å². The molecule has 166 valence electrons. The summed E-state index contributed by atoms with van der Waals surface area (Å²) in [7, 11) is 0. The second kappa shape index (κ2) is 9.31. The number of carboxylic acid groups (broad SMARTS) is 1. The van der Waals surface area contributed by atoms with E-state index < -0.39 is 18.5 Å². The molecule has 1 heterocycles. The highest BCUT2D eigenvalue weighted by Crippen LogP contribution is 2.34. The molecule has 0 saturated carbocycles. The Morgan fingerprint density at radius 3 is 2.27 bits per heavy atom. The van der Waals surface area contributed by atoms with Crippen molar-refractivity contribution in [1.29, 1.82) is 0 Å². The van der Waals surface area contributed by atoms with Crippen LogP contribution in [-0.2, 0) is 0 Å². The monoisotopic (exact) mass is 450 g/mol. The van der Waals surface area contributed by atoms with Crippen LogP contribution in [0.2, 0.25) is 0 Å². The van der Waals surface area contributed by atoms with Gasteiger partial charge < -0.3 is 19.9 Å². The maximum Gasteiger partial charge on any atom is 0.387 e. The van der Waals surface area contributed by atoms with Gasteiger partial charge >= 0.3 is 12.6 Å². The molecule has 4 rings (SSSR count). The van der Waals surface area contributed by atoms with Gasteiger partial charge in [-0.05, 0) is 48.5 Å². The van der Waals surface area contributed by atoms with Crippen molar-refractivity contribution in [2.75, 3.05) is 5.32 Å². The Kier molecular flexibility index (Phi) is 6.12. The maximum absolute atomic E-state index is 13.1. The number of nitrogens with zero attached hydrogens (tertiary/aromatic N) is 1. The van der Waals surface area contributed by atoms with Crippen molar-refractivity contribution in [3.05, 3.63) is 90.0 Å². The highest BCUT2D eigenvalue weighted by Gasteiger charge is 2.19. The molecule has 0 unspecified atom stereocenters. The SMILES string of the molecule is O=C(O)c1ccc(NC(=O)c2cc3ccccc3nc2Oc2ccccc2OC(F)F)cc1. The third kappa shape index (κ3) is 5.04. The molecule has 3 aromatic carbocycles. The quantitative estimate of drug-likeness (QED) is 0.382. The number of amides is 1. The van der Waals surface area contributed by atoms with E-state index in [-0.39, 0.29) is 28.5 Å². The molecule has 0 aliphatic rings.